The summed E-state index contributed by atoms with van der Waals surface area (Å²) in [4.78, 5) is 13.8. The second kappa shape index (κ2) is 6.64. The molecule has 3 N–H and O–H groups in total. The van der Waals surface area contributed by atoms with E-state index in [2.05, 4.69) is 5.32 Å². The van der Waals surface area contributed by atoms with Gasteiger partial charge in [-0.1, -0.05) is 24.4 Å². The number of hydrogen-bond acceptors (Lipinski definition) is 3. The van der Waals surface area contributed by atoms with Crippen molar-refractivity contribution < 1.29 is 13.2 Å². The molecular formula is C13H18ClN3O3S. The van der Waals surface area contributed by atoms with Crippen LogP contribution in [0.2, 0.25) is 5.02 Å². The first kappa shape index (κ1) is 16.1. The Labute approximate surface area is 129 Å². The lowest BCUT2D eigenvalue weighted by molar-refractivity contribution is 0.214. The minimum Gasteiger partial charge on any atom is -0.325 e. The van der Waals surface area contributed by atoms with E-state index >= 15 is 0 Å². The molecule has 1 aliphatic heterocycles. The monoisotopic (exact) mass is 331 g/mol. The van der Waals surface area contributed by atoms with Gasteiger partial charge in [0.15, 0.2) is 0 Å². The Morgan fingerprint density at radius 3 is 2.38 bits per heavy atom. The number of nitrogens with two attached hydrogens (primary N) is 1. The summed E-state index contributed by atoms with van der Waals surface area (Å²) in [6, 6.07) is 3.71. The molecule has 2 amide bonds. The third-order valence-corrected chi connectivity index (χ3v) is 4.64. The van der Waals surface area contributed by atoms with Crippen LogP contribution in [0, 0.1) is 0 Å². The van der Waals surface area contributed by atoms with E-state index in [0.29, 0.717) is 13.1 Å². The highest BCUT2D eigenvalue weighted by molar-refractivity contribution is 7.89. The molecule has 1 aromatic carbocycles. The molecule has 2 rings (SSSR count). The van der Waals surface area contributed by atoms with Crippen LogP contribution in [-0.2, 0) is 10.0 Å². The predicted molar refractivity (Wildman–Crippen MR) is 81.9 cm³/mol. The van der Waals surface area contributed by atoms with Gasteiger partial charge in [-0.05, 0) is 31.0 Å². The van der Waals surface area contributed by atoms with E-state index < -0.39 is 10.0 Å². The molecule has 0 spiro atoms. The number of halogens is 1. The van der Waals surface area contributed by atoms with E-state index in [4.69, 9.17) is 16.7 Å². The van der Waals surface area contributed by atoms with Gasteiger partial charge in [-0.15, -0.1) is 0 Å². The number of rotatable bonds is 2. The normalized spacial score (nSPS) is 16.4. The molecule has 1 heterocycles. The lowest BCUT2D eigenvalue weighted by Crippen LogP contribution is -2.35. The summed E-state index contributed by atoms with van der Waals surface area (Å²) in [6.07, 6.45) is 4.17. The number of amides is 2. The summed E-state index contributed by atoms with van der Waals surface area (Å²) < 4.78 is 22.7. The average Bonchev–Trinajstić information content (AvgIpc) is 2.68. The number of benzene rings is 1. The number of hydrogen-bond donors (Lipinski definition) is 2. The van der Waals surface area contributed by atoms with Gasteiger partial charge in [-0.25, -0.2) is 18.4 Å². The zero-order valence-electron chi connectivity index (χ0n) is 11.5. The zero-order chi connectivity index (χ0) is 15.5. The Balaban J connectivity index is 2.16. The molecule has 1 saturated heterocycles. The number of sulfonamides is 1. The predicted octanol–water partition coefficient (Wildman–Crippen LogP) is 2.40. The first-order valence-electron chi connectivity index (χ1n) is 6.76. The van der Waals surface area contributed by atoms with Gasteiger partial charge in [-0.2, -0.15) is 0 Å². The fourth-order valence-electron chi connectivity index (χ4n) is 2.25. The quantitative estimate of drug-likeness (QED) is 0.871. The van der Waals surface area contributed by atoms with Crippen molar-refractivity contribution in [2.75, 3.05) is 18.4 Å². The molecule has 1 fully saturated rings. The highest BCUT2D eigenvalue weighted by atomic mass is 35.5. The van der Waals surface area contributed by atoms with Crippen LogP contribution in [0.15, 0.2) is 23.1 Å². The van der Waals surface area contributed by atoms with E-state index in [0.717, 1.165) is 25.7 Å². The molecule has 0 radical (unpaired) electrons. The molecule has 0 bridgehead atoms. The van der Waals surface area contributed by atoms with Crippen molar-refractivity contribution in [3.8, 4) is 0 Å². The highest BCUT2D eigenvalue weighted by Crippen LogP contribution is 2.25. The van der Waals surface area contributed by atoms with Gasteiger partial charge in [0.1, 0.15) is 0 Å². The van der Waals surface area contributed by atoms with Crippen LogP contribution in [0.4, 0.5) is 10.5 Å². The first-order valence-corrected chi connectivity index (χ1v) is 8.68. The Bertz CT molecular complexity index is 626. The molecular weight excluding hydrogens is 314 g/mol. The van der Waals surface area contributed by atoms with Gasteiger partial charge in [0, 0.05) is 13.1 Å². The average molecular weight is 332 g/mol. The van der Waals surface area contributed by atoms with Gasteiger partial charge in [0.2, 0.25) is 10.0 Å². The maximum absolute atomic E-state index is 12.2. The molecule has 0 saturated carbocycles. The maximum Gasteiger partial charge on any atom is 0.321 e. The number of primary sulfonamides is 1. The number of urea groups is 1. The second-order valence-electron chi connectivity index (χ2n) is 5.02. The zero-order valence-corrected chi connectivity index (χ0v) is 13.1. The third-order valence-electron chi connectivity index (χ3n) is 3.40. The Kier molecular flexibility index (Phi) is 5.08. The van der Waals surface area contributed by atoms with Crippen LogP contribution in [0.25, 0.3) is 0 Å². The lowest BCUT2D eigenvalue weighted by Gasteiger charge is -2.21. The SMILES string of the molecule is NS(=O)(=O)c1ccc(Cl)c(NC(=O)N2CCCCCC2)c1. The fourth-order valence-corrected chi connectivity index (χ4v) is 2.95. The number of nitrogens with zero attached hydrogens (tertiary/aromatic N) is 1. The summed E-state index contributed by atoms with van der Waals surface area (Å²) in [5.74, 6) is 0. The summed E-state index contributed by atoms with van der Waals surface area (Å²) in [6.45, 7) is 1.39. The van der Waals surface area contributed by atoms with Crippen LogP contribution < -0.4 is 10.5 Å². The maximum atomic E-state index is 12.2. The van der Waals surface area contributed by atoms with Crippen molar-refractivity contribution in [1.82, 2.24) is 4.90 Å². The second-order valence-corrected chi connectivity index (χ2v) is 6.99. The van der Waals surface area contributed by atoms with E-state index in [1.807, 2.05) is 0 Å². The van der Waals surface area contributed by atoms with Crippen molar-refractivity contribution in [2.24, 2.45) is 5.14 Å². The Morgan fingerprint density at radius 1 is 1.19 bits per heavy atom. The van der Waals surface area contributed by atoms with Crippen molar-refractivity contribution >= 4 is 33.3 Å². The summed E-state index contributed by atoms with van der Waals surface area (Å²) in [5, 5.41) is 8.00. The molecule has 6 nitrogen and oxygen atoms in total. The third kappa shape index (κ3) is 4.33. The van der Waals surface area contributed by atoms with Gasteiger partial charge in [0.05, 0.1) is 15.6 Å². The molecule has 0 aliphatic carbocycles. The van der Waals surface area contributed by atoms with E-state index in [1.165, 1.54) is 18.2 Å². The van der Waals surface area contributed by atoms with E-state index in [-0.39, 0.29) is 21.6 Å². The van der Waals surface area contributed by atoms with Gasteiger partial charge in [0.25, 0.3) is 0 Å². The highest BCUT2D eigenvalue weighted by Gasteiger charge is 2.18. The summed E-state index contributed by atoms with van der Waals surface area (Å²) in [7, 11) is -3.83. The molecule has 1 aromatic rings. The summed E-state index contributed by atoms with van der Waals surface area (Å²) >= 11 is 5.99. The number of anilines is 1. The van der Waals surface area contributed by atoms with E-state index in [9.17, 15) is 13.2 Å². The molecule has 21 heavy (non-hydrogen) atoms. The van der Waals surface area contributed by atoms with Gasteiger partial charge < -0.3 is 10.2 Å². The van der Waals surface area contributed by atoms with Gasteiger partial charge in [-0.3, -0.25) is 0 Å². The van der Waals surface area contributed by atoms with Crippen molar-refractivity contribution in [2.45, 2.75) is 30.6 Å². The molecule has 116 valence electrons. The van der Waals surface area contributed by atoms with Crippen molar-refractivity contribution in [3.63, 3.8) is 0 Å². The van der Waals surface area contributed by atoms with Crippen LogP contribution in [0.3, 0.4) is 0 Å². The number of carbonyl (C=O) groups is 1. The minimum atomic E-state index is -3.83. The Morgan fingerprint density at radius 2 is 1.81 bits per heavy atom. The largest absolute Gasteiger partial charge is 0.325 e. The van der Waals surface area contributed by atoms with Crippen LogP contribution in [-0.4, -0.2) is 32.4 Å². The number of nitrogens with one attached hydrogen (secondary N) is 1. The van der Waals surface area contributed by atoms with Crippen molar-refractivity contribution in [1.29, 1.82) is 0 Å². The van der Waals surface area contributed by atoms with Crippen LogP contribution >= 0.6 is 11.6 Å². The van der Waals surface area contributed by atoms with Crippen LogP contribution in [0.5, 0.6) is 0 Å². The van der Waals surface area contributed by atoms with E-state index in [1.54, 1.807) is 4.90 Å². The Hall–Kier alpha value is -1.31. The first-order chi connectivity index (χ1) is 9.88. The minimum absolute atomic E-state index is 0.0851. The molecule has 0 aromatic heterocycles. The molecule has 1 aliphatic rings. The smallest absolute Gasteiger partial charge is 0.321 e. The topological polar surface area (TPSA) is 92.5 Å². The van der Waals surface area contributed by atoms with Crippen LogP contribution in [0.1, 0.15) is 25.7 Å². The molecule has 0 atom stereocenters. The number of likely N-dealkylation sites (tertiary alicyclic amines) is 1. The summed E-state index contributed by atoms with van der Waals surface area (Å²) in [5.41, 5.74) is 0.248. The lowest BCUT2D eigenvalue weighted by atomic mass is 10.2. The van der Waals surface area contributed by atoms with Crippen molar-refractivity contribution in [3.05, 3.63) is 23.2 Å². The number of carbonyl (C=O) groups excluding carboxylic acids is 1. The standard InChI is InChI=1S/C13H18ClN3O3S/c14-11-6-5-10(21(15,19)20)9-12(11)16-13(18)17-7-3-1-2-4-8-17/h5-6,9H,1-4,7-8H2,(H,16,18)(H2,15,19,20). The molecule has 8 heteroatoms. The molecule has 0 unspecified atom stereocenters. The fraction of sp³-hybridized carbons (Fsp3) is 0.462. The van der Waals surface area contributed by atoms with Gasteiger partial charge >= 0.3 is 6.03 Å².